The van der Waals surface area contributed by atoms with Crippen LogP contribution < -0.4 is 5.73 Å². The van der Waals surface area contributed by atoms with Gasteiger partial charge in [-0.15, -0.1) is 23.7 Å². The van der Waals surface area contributed by atoms with Crippen molar-refractivity contribution in [1.29, 1.82) is 0 Å². The van der Waals surface area contributed by atoms with E-state index in [1.54, 1.807) is 16.2 Å². The number of hydrogen-bond donors (Lipinski definition) is 1. The van der Waals surface area contributed by atoms with Crippen molar-refractivity contribution in [2.75, 3.05) is 13.6 Å². The Morgan fingerprint density at radius 2 is 2.31 bits per heavy atom. The standard InChI is InChI=1S/C11H18N2OS.ClH/c1-9(12)8-11(14)13(2)6-5-10-4-3-7-15-10;/h3-4,7,9H,5-6,8,12H2,1-2H3;1H. The van der Waals surface area contributed by atoms with E-state index in [1.165, 1.54) is 4.88 Å². The third-order valence-electron chi connectivity index (χ3n) is 2.20. The summed E-state index contributed by atoms with van der Waals surface area (Å²) in [6.07, 6.45) is 1.36. The number of carbonyl (C=O) groups is 1. The van der Waals surface area contributed by atoms with E-state index < -0.39 is 0 Å². The third kappa shape index (κ3) is 5.49. The van der Waals surface area contributed by atoms with Crippen molar-refractivity contribution in [2.45, 2.75) is 25.8 Å². The molecule has 2 N–H and O–H groups in total. The molecule has 0 radical (unpaired) electrons. The molecule has 1 aromatic heterocycles. The number of likely N-dealkylation sites (N-methyl/N-ethyl adjacent to an activating group) is 1. The minimum absolute atomic E-state index is 0. The molecule has 3 nitrogen and oxygen atoms in total. The Kier molecular flexibility index (Phi) is 7.38. The molecular formula is C11H19ClN2OS. The zero-order valence-electron chi connectivity index (χ0n) is 9.68. The van der Waals surface area contributed by atoms with Gasteiger partial charge in [0.1, 0.15) is 0 Å². The molecule has 1 heterocycles. The molecular weight excluding hydrogens is 244 g/mol. The molecule has 0 aliphatic heterocycles. The van der Waals surface area contributed by atoms with Gasteiger partial charge in [0.15, 0.2) is 0 Å². The fraction of sp³-hybridized carbons (Fsp3) is 0.545. The topological polar surface area (TPSA) is 46.3 Å². The van der Waals surface area contributed by atoms with Crippen molar-refractivity contribution in [2.24, 2.45) is 5.73 Å². The molecule has 1 atom stereocenters. The van der Waals surface area contributed by atoms with Crippen molar-refractivity contribution in [1.82, 2.24) is 4.90 Å². The molecule has 1 unspecified atom stereocenters. The van der Waals surface area contributed by atoms with Crippen LogP contribution in [0.15, 0.2) is 17.5 Å². The van der Waals surface area contributed by atoms with Crippen LogP contribution in [0.5, 0.6) is 0 Å². The number of rotatable bonds is 5. The zero-order valence-corrected chi connectivity index (χ0v) is 11.3. The first kappa shape index (κ1) is 15.4. The predicted octanol–water partition coefficient (Wildman–Crippen LogP) is 1.91. The Morgan fingerprint density at radius 3 is 2.81 bits per heavy atom. The summed E-state index contributed by atoms with van der Waals surface area (Å²) in [4.78, 5) is 14.6. The van der Waals surface area contributed by atoms with E-state index in [1.807, 2.05) is 20.0 Å². The largest absolute Gasteiger partial charge is 0.345 e. The van der Waals surface area contributed by atoms with E-state index in [9.17, 15) is 4.79 Å². The van der Waals surface area contributed by atoms with Crippen LogP contribution in [0, 0.1) is 0 Å². The van der Waals surface area contributed by atoms with Gasteiger partial charge in [-0.2, -0.15) is 0 Å². The van der Waals surface area contributed by atoms with E-state index in [4.69, 9.17) is 5.73 Å². The van der Waals surface area contributed by atoms with Crippen molar-refractivity contribution in [3.05, 3.63) is 22.4 Å². The molecule has 1 rings (SSSR count). The van der Waals surface area contributed by atoms with E-state index >= 15 is 0 Å². The Labute approximate surface area is 107 Å². The zero-order chi connectivity index (χ0) is 11.3. The average Bonchev–Trinajstić information content (AvgIpc) is 2.65. The number of amides is 1. The van der Waals surface area contributed by atoms with E-state index in [0.717, 1.165) is 13.0 Å². The third-order valence-corrected chi connectivity index (χ3v) is 3.13. The molecule has 5 heteroatoms. The summed E-state index contributed by atoms with van der Waals surface area (Å²) in [6, 6.07) is 4.07. The number of carbonyl (C=O) groups excluding carboxylic acids is 1. The first-order valence-corrected chi connectivity index (χ1v) is 5.99. The average molecular weight is 263 g/mol. The van der Waals surface area contributed by atoms with Gasteiger partial charge in [-0.05, 0) is 24.8 Å². The highest BCUT2D eigenvalue weighted by molar-refractivity contribution is 7.09. The van der Waals surface area contributed by atoms with Crippen LogP contribution in [-0.2, 0) is 11.2 Å². The quantitative estimate of drug-likeness (QED) is 0.881. The maximum atomic E-state index is 11.6. The number of thiophene rings is 1. The molecule has 0 spiro atoms. The highest BCUT2D eigenvalue weighted by Crippen LogP contribution is 2.09. The number of halogens is 1. The summed E-state index contributed by atoms with van der Waals surface area (Å²) in [6.45, 7) is 2.62. The van der Waals surface area contributed by atoms with Crippen LogP contribution in [0.3, 0.4) is 0 Å². The summed E-state index contributed by atoms with van der Waals surface area (Å²) < 4.78 is 0. The summed E-state index contributed by atoms with van der Waals surface area (Å²) in [5, 5.41) is 2.05. The maximum absolute atomic E-state index is 11.6. The lowest BCUT2D eigenvalue weighted by Crippen LogP contribution is -2.33. The highest BCUT2D eigenvalue weighted by atomic mass is 35.5. The van der Waals surface area contributed by atoms with Gasteiger partial charge in [-0.1, -0.05) is 6.07 Å². The summed E-state index contributed by atoms with van der Waals surface area (Å²) in [7, 11) is 1.83. The lowest BCUT2D eigenvalue weighted by molar-refractivity contribution is -0.130. The first-order valence-electron chi connectivity index (χ1n) is 5.11. The lowest BCUT2D eigenvalue weighted by atomic mass is 10.2. The summed E-state index contributed by atoms with van der Waals surface area (Å²) in [5.74, 6) is 0.126. The van der Waals surface area contributed by atoms with Gasteiger partial charge in [-0.25, -0.2) is 0 Å². The lowest BCUT2D eigenvalue weighted by Gasteiger charge is -2.17. The minimum atomic E-state index is -0.0540. The smallest absolute Gasteiger partial charge is 0.223 e. The predicted molar refractivity (Wildman–Crippen MR) is 71.2 cm³/mol. The second kappa shape index (κ2) is 7.65. The molecule has 1 amide bonds. The molecule has 92 valence electrons. The monoisotopic (exact) mass is 262 g/mol. The van der Waals surface area contributed by atoms with Gasteiger partial charge in [0.2, 0.25) is 5.91 Å². The second-order valence-corrected chi connectivity index (χ2v) is 4.86. The van der Waals surface area contributed by atoms with Gasteiger partial charge < -0.3 is 10.6 Å². The minimum Gasteiger partial charge on any atom is -0.345 e. The molecule has 0 saturated heterocycles. The van der Waals surface area contributed by atoms with E-state index in [-0.39, 0.29) is 24.4 Å². The van der Waals surface area contributed by atoms with Gasteiger partial charge in [0.05, 0.1) is 0 Å². The summed E-state index contributed by atoms with van der Waals surface area (Å²) in [5.41, 5.74) is 5.58. The van der Waals surface area contributed by atoms with Crippen LogP contribution in [0.2, 0.25) is 0 Å². The normalized spacial score (nSPS) is 11.7. The molecule has 0 bridgehead atoms. The molecule has 1 aromatic rings. The van der Waals surface area contributed by atoms with E-state index in [0.29, 0.717) is 6.42 Å². The van der Waals surface area contributed by atoms with Crippen molar-refractivity contribution in [3.63, 3.8) is 0 Å². The second-order valence-electron chi connectivity index (χ2n) is 3.83. The fourth-order valence-corrected chi connectivity index (χ4v) is 1.99. The number of nitrogens with zero attached hydrogens (tertiary/aromatic N) is 1. The van der Waals surface area contributed by atoms with E-state index in [2.05, 4.69) is 11.4 Å². The number of hydrogen-bond acceptors (Lipinski definition) is 3. The van der Waals surface area contributed by atoms with Crippen molar-refractivity contribution >= 4 is 29.7 Å². The SMILES string of the molecule is CC(N)CC(=O)N(C)CCc1cccs1.Cl. The van der Waals surface area contributed by atoms with Gasteiger partial charge >= 0.3 is 0 Å². The van der Waals surface area contributed by atoms with Gasteiger partial charge in [0, 0.05) is 30.9 Å². The molecule has 0 aliphatic rings. The van der Waals surface area contributed by atoms with Crippen LogP contribution in [0.4, 0.5) is 0 Å². The van der Waals surface area contributed by atoms with Crippen LogP contribution >= 0.6 is 23.7 Å². The Bertz CT molecular complexity index is 301. The number of nitrogens with two attached hydrogens (primary N) is 1. The van der Waals surface area contributed by atoms with Gasteiger partial charge in [-0.3, -0.25) is 4.79 Å². The molecule has 0 aromatic carbocycles. The van der Waals surface area contributed by atoms with Crippen LogP contribution in [0.1, 0.15) is 18.2 Å². The molecule has 16 heavy (non-hydrogen) atoms. The van der Waals surface area contributed by atoms with Crippen LogP contribution in [0.25, 0.3) is 0 Å². The Hall–Kier alpha value is -0.580. The first-order chi connectivity index (χ1) is 7.09. The molecule has 0 saturated carbocycles. The Morgan fingerprint density at radius 1 is 1.62 bits per heavy atom. The Balaban J connectivity index is 0.00000225. The summed E-state index contributed by atoms with van der Waals surface area (Å²) >= 11 is 1.73. The van der Waals surface area contributed by atoms with Crippen LogP contribution in [-0.4, -0.2) is 30.4 Å². The molecule has 0 fully saturated rings. The van der Waals surface area contributed by atoms with Gasteiger partial charge in [0.25, 0.3) is 0 Å². The highest BCUT2D eigenvalue weighted by Gasteiger charge is 2.10. The fourth-order valence-electron chi connectivity index (χ4n) is 1.29. The van der Waals surface area contributed by atoms with Crippen molar-refractivity contribution in [3.8, 4) is 0 Å². The maximum Gasteiger partial charge on any atom is 0.223 e. The van der Waals surface area contributed by atoms with Crippen molar-refractivity contribution < 1.29 is 4.79 Å². The molecule has 0 aliphatic carbocycles.